The van der Waals surface area contributed by atoms with Gasteiger partial charge in [-0.15, -0.1) is 0 Å². The number of carbonyl (C=O) groups is 1. The summed E-state index contributed by atoms with van der Waals surface area (Å²) < 4.78 is 33.0. The van der Waals surface area contributed by atoms with Crippen molar-refractivity contribution in [2.24, 2.45) is 0 Å². The fourth-order valence-electron chi connectivity index (χ4n) is 2.75. The van der Waals surface area contributed by atoms with Crippen LogP contribution in [0.3, 0.4) is 0 Å². The van der Waals surface area contributed by atoms with E-state index in [1.807, 2.05) is 18.2 Å². The summed E-state index contributed by atoms with van der Waals surface area (Å²) in [6, 6.07) is 21.3. The van der Waals surface area contributed by atoms with Crippen LogP contribution < -0.4 is 10.0 Å². The number of benzene rings is 3. The zero-order valence-corrected chi connectivity index (χ0v) is 16.5. The predicted molar refractivity (Wildman–Crippen MR) is 113 cm³/mol. The van der Waals surface area contributed by atoms with E-state index in [-0.39, 0.29) is 16.3 Å². The van der Waals surface area contributed by atoms with Crippen LogP contribution in [0.25, 0.3) is 11.0 Å². The summed E-state index contributed by atoms with van der Waals surface area (Å²) in [7, 11) is -3.82. The Hall–Kier alpha value is -3.29. The second-order valence-corrected chi connectivity index (χ2v) is 8.30. The van der Waals surface area contributed by atoms with E-state index >= 15 is 0 Å². The highest BCUT2D eigenvalue weighted by Gasteiger charge is 2.17. The number of hydrogen-bond donors (Lipinski definition) is 2. The van der Waals surface area contributed by atoms with Crippen LogP contribution in [0.1, 0.15) is 10.6 Å². The molecule has 4 aromatic rings. The molecule has 2 N–H and O–H groups in total. The Morgan fingerprint density at radius 3 is 2.31 bits per heavy atom. The van der Waals surface area contributed by atoms with Gasteiger partial charge in [-0.2, -0.15) is 0 Å². The number of carbonyl (C=O) groups excluding carboxylic acids is 1. The lowest BCUT2D eigenvalue weighted by molar-refractivity contribution is 0.0998. The summed E-state index contributed by atoms with van der Waals surface area (Å²) in [4.78, 5) is 12.4. The molecule has 0 bridgehead atoms. The summed E-state index contributed by atoms with van der Waals surface area (Å²) >= 11 is 6.00. The van der Waals surface area contributed by atoms with Crippen LogP contribution >= 0.6 is 11.6 Å². The van der Waals surface area contributed by atoms with Crippen molar-refractivity contribution < 1.29 is 17.6 Å². The van der Waals surface area contributed by atoms with Gasteiger partial charge in [0.2, 0.25) is 0 Å². The molecule has 8 heteroatoms. The Morgan fingerprint density at radius 1 is 0.897 bits per heavy atom. The van der Waals surface area contributed by atoms with Crippen molar-refractivity contribution in [1.82, 2.24) is 0 Å². The van der Waals surface area contributed by atoms with E-state index in [0.717, 1.165) is 5.39 Å². The summed E-state index contributed by atoms with van der Waals surface area (Å²) in [5.41, 5.74) is 1.34. The third-order valence-corrected chi connectivity index (χ3v) is 5.90. The van der Waals surface area contributed by atoms with E-state index in [1.165, 1.54) is 24.3 Å². The molecule has 3 aromatic carbocycles. The van der Waals surface area contributed by atoms with Crippen LogP contribution in [0, 0.1) is 0 Å². The Kier molecular flexibility index (Phi) is 5.00. The highest BCUT2D eigenvalue weighted by Crippen LogP contribution is 2.25. The Morgan fingerprint density at radius 2 is 1.59 bits per heavy atom. The summed E-state index contributed by atoms with van der Waals surface area (Å²) in [6.45, 7) is 0. The van der Waals surface area contributed by atoms with Gasteiger partial charge in [-0.1, -0.05) is 41.9 Å². The third kappa shape index (κ3) is 4.11. The molecule has 1 heterocycles. The second kappa shape index (κ2) is 7.62. The summed E-state index contributed by atoms with van der Waals surface area (Å²) in [6.07, 6.45) is 0. The average Bonchev–Trinajstić information content (AvgIpc) is 3.14. The molecule has 0 atom stereocenters. The van der Waals surface area contributed by atoms with Crippen LogP contribution in [-0.4, -0.2) is 14.3 Å². The molecular weight excluding hydrogens is 412 g/mol. The lowest BCUT2D eigenvalue weighted by Gasteiger charge is -2.10. The maximum atomic E-state index is 12.5. The molecular formula is C21H15ClN2O4S. The molecule has 0 fully saturated rings. The first-order valence-corrected chi connectivity index (χ1v) is 10.5. The molecule has 0 aliphatic carbocycles. The van der Waals surface area contributed by atoms with Crippen molar-refractivity contribution in [1.29, 1.82) is 0 Å². The molecule has 0 radical (unpaired) electrons. The largest absolute Gasteiger partial charge is 0.451 e. The molecule has 6 nitrogen and oxygen atoms in total. The van der Waals surface area contributed by atoms with E-state index in [0.29, 0.717) is 16.3 Å². The standard InChI is InChI=1S/C21H15ClN2O4S/c22-17-6-2-3-7-18(17)24-29(26,27)16-11-9-15(10-12-16)23-21(25)20-13-14-5-1-4-8-19(14)28-20/h1-13,24H,(H,23,25). The first-order chi connectivity index (χ1) is 13.9. The monoisotopic (exact) mass is 426 g/mol. The second-order valence-electron chi connectivity index (χ2n) is 6.21. The van der Waals surface area contributed by atoms with Crippen molar-refractivity contribution in [3.63, 3.8) is 0 Å². The molecule has 0 spiro atoms. The van der Waals surface area contributed by atoms with Gasteiger partial charge < -0.3 is 9.73 Å². The fraction of sp³-hybridized carbons (Fsp3) is 0. The van der Waals surface area contributed by atoms with E-state index in [9.17, 15) is 13.2 Å². The van der Waals surface area contributed by atoms with Crippen molar-refractivity contribution in [2.45, 2.75) is 4.90 Å². The topological polar surface area (TPSA) is 88.4 Å². The van der Waals surface area contributed by atoms with Crippen molar-refractivity contribution in [2.75, 3.05) is 10.0 Å². The van der Waals surface area contributed by atoms with E-state index in [4.69, 9.17) is 16.0 Å². The van der Waals surface area contributed by atoms with Gasteiger partial charge in [-0.05, 0) is 48.5 Å². The zero-order chi connectivity index (χ0) is 20.4. The van der Waals surface area contributed by atoms with Gasteiger partial charge in [0.15, 0.2) is 5.76 Å². The number of amides is 1. The van der Waals surface area contributed by atoms with Gasteiger partial charge in [-0.25, -0.2) is 8.42 Å². The highest BCUT2D eigenvalue weighted by atomic mass is 35.5. The number of para-hydroxylation sites is 2. The first-order valence-electron chi connectivity index (χ1n) is 8.60. The Bertz CT molecular complexity index is 1260. The SMILES string of the molecule is O=C(Nc1ccc(S(=O)(=O)Nc2ccccc2Cl)cc1)c1cc2ccccc2o1. The molecule has 1 aromatic heterocycles. The number of anilines is 2. The van der Waals surface area contributed by atoms with Gasteiger partial charge in [0, 0.05) is 11.1 Å². The predicted octanol–water partition coefficient (Wildman–Crippen LogP) is 5.14. The van der Waals surface area contributed by atoms with E-state index in [1.54, 1.807) is 36.4 Å². The maximum absolute atomic E-state index is 12.5. The number of furan rings is 1. The van der Waals surface area contributed by atoms with Crippen LogP contribution in [0.5, 0.6) is 0 Å². The zero-order valence-electron chi connectivity index (χ0n) is 14.9. The lowest BCUT2D eigenvalue weighted by Crippen LogP contribution is -2.14. The minimum absolute atomic E-state index is 0.0409. The summed E-state index contributed by atoms with van der Waals surface area (Å²) in [5.74, 6) is -0.255. The Labute approximate surface area is 172 Å². The highest BCUT2D eigenvalue weighted by molar-refractivity contribution is 7.92. The normalized spacial score (nSPS) is 11.3. The maximum Gasteiger partial charge on any atom is 0.291 e. The number of halogens is 1. The van der Waals surface area contributed by atoms with Gasteiger partial charge in [0.1, 0.15) is 5.58 Å². The number of sulfonamides is 1. The van der Waals surface area contributed by atoms with Gasteiger partial charge in [0.25, 0.3) is 15.9 Å². The minimum Gasteiger partial charge on any atom is -0.451 e. The molecule has 0 aliphatic heterocycles. The van der Waals surface area contributed by atoms with Gasteiger partial charge in [0.05, 0.1) is 15.6 Å². The van der Waals surface area contributed by atoms with Crippen LogP contribution in [0.2, 0.25) is 5.02 Å². The summed E-state index contributed by atoms with van der Waals surface area (Å²) in [5, 5.41) is 3.81. The quantitative estimate of drug-likeness (QED) is 0.462. The molecule has 0 saturated carbocycles. The molecule has 29 heavy (non-hydrogen) atoms. The van der Waals surface area contributed by atoms with Crippen LogP contribution in [-0.2, 0) is 10.0 Å². The smallest absolute Gasteiger partial charge is 0.291 e. The molecule has 1 amide bonds. The van der Waals surface area contributed by atoms with Crippen LogP contribution in [0.4, 0.5) is 11.4 Å². The van der Waals surface area contributed by atoms with Gasteiger partial charge >= 0.3 is 0 Å². The fourth-order valence-corrected chi connectivity index (χ4v) is 4.07. The molecule has 146 valence electrons. The first kappa shape index (κ1) is 19.0. The van der Waals surface area contributed by atoms with Crippen molar-refractivity contribution in [3.05, 3.63) is 89.6 Å². The van der Waals surface area contributed by atoms with E-state index < -0.39 is 15.9 Å². The van der Waals surface area contributed by atoms with E-state index in [2.05, 4.69) is 10.0 Å². The third-order valence-electron chi connectivity index (χ3n) is 4.19. The lowest BCUT2D eigenvalue weighted by atomic mass is 10.2. The molecule has 4 rings (SSSR count). The van der Waals surface area contributed by atoms with Gasteiger partial charge in [-0.3, -0.25) is 9.52 Å². The van der Waals surface area contributed by atoms with Crippen molar-refractivity contribution >= 4 is 49.9 Å². The number of fused-ring (bicyclic) bond motifs is 1. The number of hydrogen-bond acceptors (Lipinski definition) is 4. The average molecular weight is 427 g/mol. The molecule has 0 unspecified atom stereocenters. The van der Waals surface area contributed by atoms with Crippen molar-refractivity contribution in [3.8, 4) is 0 Å². The molecule has 0 aliphatic rings. The molecule has 0 saturated heterocycles. The minimum atomic E-state index is -3.82. The van der Waals surface area contributed by atoms with Crippen LogP contribution in [0.15, 0.2) is 88.2 Å². The number of rotatable bonds is 5. The Balaban J connectivity index is 1.50. The number of nitrogens with one attached hydrogen (secondary N) is 2.